The lowest BCUT2D eigenvalue weighted by molar-refractivity contribution is 0.581. The first-order valence-corrected chi connectivity index (χ1v) is 6.72. The van der Waals surface area contributed by atoms with Crippen molar-refractivity contribution in [2.24, 2.45) is 0 Å². The number of hydrogen-bond acceptors (Lipinski definition) is 3. The van der Waals surface area contributed by atoms with E-state index in [0.717, 1.165) is 24.7 Å². The van der Waals surface area contributed by atoms with Crippen molar-refractivity contribution in [3.8, 4) is 0 Å². The van der Waals surface area contributed by atoms with Crippen molar-refractivity contribution in [1.29, 1.82) is 0 Å². The number of nitrogens with zero attached hydrogens (tertiary/aromatic N) is 3. The summed E-state index contributed by atoms with van der Waals surface area (Å²) in [7, 11) is 0. The number of aromatic nitrogens is 2. The van der Waals surface area contributed by atoms with Gasteiger partial charge in [0.1, 0.15) is 6.33 Å². The fraction of sp³-hybridized carbons (Fsp3) is 0.636. The Hall–Kier alpha value is -0.710. The first-order valence-electron chi connectivity index (χ1n) is 5.60. The zero-order chi connectivity index (χ0) is 11.5. The predicted octanol–water partition coefficient (Wildman–Crippen LogP) is 2.54. The van der Waals surface area contributed by atoms with Gasteiger partial charge in [-0.1, -0.05) is 22.9 Å². The Labute approximate surface area is 103 Å². The first-order chi connectivity index (χ1) is 7.77. The molecule has 0 N–H and O–H groups in total. The third-order valence-electron chi connectivity index (χ3n) is 3.01. The fourth-order valence-electron chi connectivity index (χ4n) is 2.12. The molecule has 0 saturated carbocycles. The minimum atomic E-state index is -0.252. The Bertz CT molecular complexity index is 372. The molecule has 0 radical (unpaired) electrons. The van der Waals surface area contributed by atoms with Gasteiger partial charge in [-0.2, -0.15) is 0 Å². The summed E-state index contributed by atoms with van der Waals surface area (Å²) >= 11 is 3.47. The van der Waals surface area contributed by atoms with E-state index in [1.807, 2.05) is 11.8 Å². The smallest absolute Gasteiger partial charge is 0.187 e. The summed E-state index contributed by atoms with van der Waals surface area (Å²) in [6, 6.07) is 0.356. The maximum atomic E-state index is 14.1. The SMILES string of the molecule is CCc1ncnc(N2CCCC2CBr)c1F. The highest BCUT2D eigenvalue weighted by molar-refractivity contribution is 9.09. The van der Waals surface area contributed by atoms with Crippen LogP contribution < -0.4 is 4.90 Å². The monoisotopic (exact) mass is 287 g/mol. The van der Waals surface area contributed by atoms with Crippen LogP contribution in [0, 0.1) is 5.82 Å². The van der Waals surface area contributed by atoms with Gasteiger partial charge in [0.25, 0.3) is 0 Å². The maximum absolute atomic E-state index is 14.1. The predicted molar refractivity (Wildman–Crippen MR) is 65.5 cm³/mol. The molecule has 1 aliphatic heterocycles. The van der Waals surface area contributed by atoms with Crippen LogP contribution in [0.15, 0.2) is 6.33 Å². The molecule has 1 aromatic heterocycles. The van der Waals surface area contributed by atoms with E-state index in [-0.39, 0.29) is 5.82 Å². The van der Waals surface area contributed by atoms with Gasteiger partial charge in [0.15, 0.2) is 11.6 Å². The van der Waals surface area contributed by atoms with E-state index in [4.69, 9.17) is 0 Å². The molecule has 1 aliphatic rings. The number of halogens is 2. The van der Waals surface area contributed by atoms with Gasteiger partial charge in [-0.3, -0.25) is 0 Å². The van der Waals surface area contributed by atoms with Crippen LogP contribution in [0.3, 0.4) is 0 Å². The highest BCUT2D eigenvalue weighted by atomic mass is 79.9. The Kier molecular flexibility index (Phi) is 3.74. The molecule has 16 heavy (non-hydrogen) atoms. The summed E-state index contributed by atoms with van der Waals surface area (Å²) in [5.41, 5.74) is 0.505. The molecule has 3 nitrogen and oxygen atoms in total. The van der Waals surface area contributed by atoms with Gasteiger partial charge in [0, 0.05) is 17.9 Å². The van der Waals surface area contributed by atoms with Crippen molar-refractivity contribution >= 4 is 21.7 Å². The molecule has 1 saturated heterocycles. The lowest BCUT2D eigenvalue weighted by atomic mass is 10.2. The second kappa shape index (κ2) is 5.08. The summed E-state index contributed by atoms with van der Waals surface area (Å²) in [4.78, 5) is 10.1. The number of hydrogen-bond donors (Lipinski definition) is 0. The summed E-state index contributed by atoms with van der Waals surface area (Å²) in [5, 5.41) is 0.859. The van der Waals surface area contributed by atoms with Crippen LogP contribution in [-0.4, -0.2) is 27.9 Å². The van der Waals surface area contributed by atoms with E-state index in [2.05, 4.69) is 25.9 Å². The van der Waals surface area contributed by atoms with Gasteiger partial charge in [0.05, 0.1) is 5.69 Å². The van der Waals surface area contributed by atoms with Crippen molar-refractivity contribution in [3.05, 3.63) is 17.8 Å². The molecule has 1 fully saturated rings. The summed E-state index contributed by atoms with van der Waals surface area (Å²) in [5.74, 6) is 0.214. The van der Waals surface area contributed by atoms with Crippen LogP contribution in [0.1, 0.15) is 25.5 Å². The number of rotatable bonds is 3. The molecule has 88 valence electrons. The van der Waals surface area contributed by atoms with Gasteiger partial charge in [-0.15, -0.1) is 0 Å². The second-order valence-electron chi connectivity index (χ2n) is 3.96. The van der Waals surface area contributed by atoms with Crippen LogP contribution in [0.25, 0.3) is 0 Å². The van der Waals surface area contributed by atoms with Gasteiger partial charge in [-0.05, 0) is 19.3 Å². The van der Waals surface area contributed by atoms with Crippen LogP contribution in [0.2, 0.25) is 0 Å². The second-order valence-corrected chi connectivity index (χ2v) is 4.60. The molecule has 5 heteroatoms. The van der Waals surface area contributed by atoms with Gasteiger partial charge < -0.3 is 4.90 Å². The van der Waals surface area contributed by atoms with Crippen LogP contribution in [0.4, 0.5) is 10.2 Å². The van der Waals surface area contributed by atoms with E-state index < -0.39 is 0 Å². The highest BCUT2D eigenvalue weighted by Crippen LogP contribution is 2.27. The van der Waals surface area contributed by atoms with Gasteiger partial charge in [0.2, 0.25) is 0 Å². The average molecular weight is 288 g/mol. The van der Waals surface area contributed by atoms with Crippen LogP contribution in [0.5, 0.6) is 0 Å². The minimum absolute atomic E-state index is 0.252. The molecule has 0 amide bonds. The van der Waals surface area contributed by atoms with Gasteiger partial charge >= 0.3 is 0 Å². The topological polar surface area (TPSA) is 29.0 Å². The maximum Gasteiger partial charge on any atom is 0.187 e. The van der Waals surface area contributed by atoms with Gasteiger partial charge in [-0.25, -0.2) is 14.4 Å². The normalized spacial score (nSPS) is 20.4. The molecule has 1 unspecified atom stereocenters. The van der Waals surface area contributed by atoms with Crippen molar-refractivity contribution in [3.63, 3.8) is 0 Å². The lowest BCUT2D eigenvalue weighted by Gasteiger charge is -2.24. The Morgan fingerprint density at radius 2 is 2.38 bits per heavy atom. The van der Waals surface area contributed by atoms with E-state index in [0.29, 0.717) is 24.0 Å². The molecule has 1 atom stereocenters. The number of anilines is 1. The average Bonchev–Trinajstić information content (AvgIpc) is 2.77. The minimum Gasteiger partial charge on any atom is -0.350 e. The fourth-order valence-corrected chi connectivity index (χ4v) is 2.79. The Morgan fingerprint density at radius 1 is 1.56 bits per heavy atom. The number of aryl methyl sites for hydroxylation is 1. The Balaban J connectivity index is 2.32. The Morgan fingerprint density at radius 3 is 3.06 bits per heavy atom. The summed E-state index contributed by atoms with van der Waals surface area (Å²) in [6.45, 7) is 2.79. The summed E-state index contributed by atoms with van der Waals surface area (Å²) in [6.07, 6.45) is 4.26. The van der Waals surface area contributed by atoms with Crippen LogP contribution in [-0.2, 0) is 6.42 Å². The molecule has 0 bridgehead atoms. The van der Waals surface area contributed by atoms with E-state index in [1.54, 1.807) is 0 Å². The zero-order valence-corrected chi connectivity index (χ0v) is 10.9. The molecule has 2 heterocycles. The molecule has 0 aliphatic carbocycles. The quantitative estimate of drug-likeness (QED) is 0.800. The van der Waals surface area contributed by atoms with Crippen molar-refractivity contribution in [2.45, 2.75) is 32.2 Å². The van der Waals surface area contributed by atoms with E-state index >= 15 is 0 Å². The van der Waals surface area contributed by atoms with Crippen molar-refractivity contribution < 1.29 is 4.39 Å². The largest absolute Gasteiger partial charge is 0.350 e. The van der Waals surface area contributed by atoms with Crippen LogP contribution >= 0.6 is 15.9 Å². The first kappa shape index (κ1) is 11.8. The lowest BCUT2D eigenvalue weighted by Crippen LogP contribution is -2.32. The van der Waals surface area contributed by atoms with E-state index in [9.17, 15) is 4.39 Å². The molecular weight excluding hydrogens is 273 g/mol. The molecule has 2 rings (SSSR count). The van der Waals surface area contributed by atoms with Crippen molar-refractivity contribution in [2.75, 3.05) is 16.8 Å². The van der Waals surface area contributed by atoms with Crippen molar-refractivity contribution in [1.82, 2.24) is 9.97 Å². The highest BCUT2D eigenvalue weighted by Gasteiger charge is 2.27. The number of alkyl halides is 1. The molecule has 1 aromatic rings. The summed E-state index contributed by atoms with van der Waals surface area (Å²) < 4.78 is 14.1. The molecule has 0 aromatic carbocycles. The standard InChI is InChI=1S/C11H15BrFN3/c1-2-9-10(13)11(15-7-14-9)16-5-3-4-8(16)6-12/h7-8H,2-6H2,1H3. The third kappa shape index (κ3) is 2.05. The third-order valence-corrected chi connectivity index (χ3v) is 3.75. The zero-order valence-electron chi connectivity index (χ0n) is 9.29. The van der Waals surface area contributed by atoms with E-state index in [1.165, 1.54) is 6.33 Å². The molecular formula is C11H15BrFN3. The molecule has 0 spiro atoms.